The van der Waals surface area contributed by atoms with Gasteiger partial charge in [0.2, 0.25) is 0 Å². The van der Waals surface area contributed by atoms with Crippen LogP contribution in [0.3, 0.4) is 0 Å². The lowest BCUT2D eigenvalue weighted by molar-refractivity contribution is 0.954. The molecule has 0 bridgehead atoms. The van der Waals surface area contributed by atoms with Crippen molar-refractivity contribution >= 4 is 12.3 Å². The van der Waals surface area contributed by atoms with Crippen LogP contribution in [0.15, 0.2) is 87.6 Å². The highest BCUT2D eigenvalue weighted by atomic mass is 14.8. The lowest BCUT2D eigenvalue weighted by Gasteiger charge is -2.20. The van der Waals surface area contributed by atoms with Crippen molar-refractivity contribution in [3.63, 3.8) is 0 Å². The predicted octanol–water partition coefficient (Wildman–Crippen LogP) is 6.64. The van der Waals surface area contributed by atoms with E-state index in [0.29, 0.717) is 5.92 Å². The third kappa shape index (κ3) is 2.42. The minimum Gasteiger partial charge on any atom is -0.256 e. The van der Waals surface area contributed by atoms with Crippen molar-refractivity contribution in [3.8, 4) is 11.1 Å². The molecule has 0 radical (unpaired) electrons. The summed E-state index contributed by atoms with van der Waals surface area (Å²) in [5.74, 6) is 0.330. The van der Waals surface area contributed by atoms with Crippen LogP contribution in [0, 0.1) is 0 Å². The number of aliphatic imine (C=N–C) groups is 1. The molecule has 1 atom stereocenters. The maximum Gasteiger partial charge on any atom is 0.0708 e. The molecule has 0 aromatic heterocycles. The molecule has 1 heterocycles. The molecule has 2 aromatic carbocycles. The number of hydrogen-bond donors (Lipinski definition) is 0. The average Bonchev–Trinajstić information content (AvgIpc) is 3.34. The van der Waals surface area contributed by atoms with Gasteiger partial charge < -0.3 is 0 Å². The number of hydrogen-bond acceptors (Lipinski definition) is 1. The van der Waals surface area contributed by atoms with Gasteiger partial charge in [-0.1, -0.05) is 61.0 Å². The Bertz CT molecular complexity index is 1100. The molecule has 1 heteroatoms. The summed E-state index contributed by atoms with van der Waals surface area (Å²) in [4.78, 5) is 4.51. The highest BCUT2D eigenvalue weighted by molar-refractivity contribution is 5.88. The van der Waals surface area contributed by atoms with E-state index in [1.54, 1.807) is 0 Å². The number of fused-ring (bicyclic) bond motifs is 2. The third-order valence-corrected chi connectivity index (χ3v) is 6.04. The Kier molecular flexibility index (Phi) is 3.65. The van der Waals surface area contributed by atoms with Crippen molar-refractivity contribution in [2.45, 2.75) is 33.1 Å². The first-order valence-corrected chi connectivity index (χ1v) is 9.75. The maximum absolute atomic E-state index is 4.51. The van der Waals surface area contributed by atoms with Gasteiger partial charge in [0.25, 0.3) is 0 Å². The van der Waals surface area contributed by atoms with E-state index in [4.69, 9.17) is 0 Å². The summed E-state index contributed by atoms with van der Waals surface area (Å²) in [6.07, 6.45) is 9.78. The molecule has 0 N–H and O–H groups in total. The van der Waals surface area contributed by atoms with E-state index in [9.17, 15) is 0 Å². The SMILES string of the molecule is CCc1ccc(-c2cccc3c2C=C(C)C3C2=C(C)C=C3N=CC=C32)cc1. The van der Waals surface area contributed by atoms with Crippen molar-refractivity contribution < 1.29 is 0 Å². The van der Waals surface area contributed by atoms with Crippen LogP contribution >= 0.6 is 0 Å². The first-order chi connectivity index (χ1) is 13.2. The number of benzene rings is 2. The molecule has 132 valence electrons. The van der Waals surface area contributed by atoms with E-state index in [1.165, 1.54) is 50.1 Å². The normalized spacial score (nSPS) is 19.8. The van der Waals surface area contributed by atoms with E-state index in [0.717, 1.165) is 12.1 Å². The highest BCUT2D eigenvalue weighted by Crippen LogP contribution is 2.50. The van der Waals surface area contributed by atoms with Gasteiger partial charge in [-0.2, -0.15) is 0 Å². The third-order valence-electron chi connectivity index (χ3n) is 6.04. The number of rotatable bonds is 3. The van der Waals surface area contributed by atoms with Crippen LogP contribution in [0.25, 0.3) is 17.2 Å². The molecule has 1 unspecified atom stereocenters. The van der Waals surface area contributed by atoms with Crippen molar-refractivity contribution in [1.29, 1.82) is 0 Å². The predicted molar refractivity (Wildman–Crippen MR) is 115 cm³/mol. The molecule has 5 rings (SSSR count). The van der Waals surface area contributed by atoms with Crippen LogP contribution in [0.5, 0.6) is 0 Å². The fourth-order valence-electron chi connectivity index (χ4n) is 4.68. The van der Waals surface area contributed by atoms with Crippen LogP contribution in [-0.4, -0.2) is 6.21 Å². The summed E-state index contributed by atoms with van der Waals surface area (Å²) in [5.41, 5.74) is 13.4. The van der Waals surface area contributed by atoms with Crippen LogP contribution in [0.4, 0.5) is 0 Å². The Balaban J connectivity index is 1.62. The summed E-state index contributed by atoms with van der Waals surface area (Å²) in [6.45, 7) is 6.69. The van der Waals surface area contributed by atoms with Gasteiger partial charge in [-0.05, 0) is 71.4 Å². The summed E-state index contributed by atoms with van der Waals surface area (Å²) in [5, 5.41) is 0. The molecular weight excluding hydrogens is 326 g/mol. The molecular formula is C26H23N. The second kappa shape index (κ2) is 6.06. The summed E-state index contributed by atoms with van der Waals surface area (Å²) in [6, 6.07) is 15.8. The lowest BCUT2D eigenvalue weighted by atomic mass is 9.83. The molecule has 0 saturated carbocycles. The Morgan fingerprint density at radius 2 is 1.78 bits per heavy atom. The van der Waals surface area contributed by atoms with Gasteiger partial charge >= 0.3 is 0 Å². The molecule has 1 aliphatic heterocycles. The van der Waals surface area contributed by atoms with Crippen LogP contribution in [-0.2, 0) is 6.42 Å². The Morgan fingerprint density at radius 1 is 0.963 bits per heavy atom. The quantitative estimate of drug-likeness (QED) is 0.589. The highest BCUT2D eigenvalue weighted by Gasteiger charge is 2.34. The lowest BCUT2D eigenvalue weighted by Crippen LogP contribution is -2.04. The summed E-state index contributed by atoms with van der Waals surface area (Å²) >= 11 is 0. The van der Waals surface area contributed by atoms with Gasteiger partial charge in [0.05, 0.1) is 5.70 Å². The maximum atomic E-state index is 4.51. The van der Waals surface area contributed by atoms with Crippen LogP contribution in [0.2, 0.25) is 0 Å². The smallest absolute Gasteiger partial charge is 0.0708 e. The minimum atomic E-state index is 0.330. The van der Waals surface area contributed by atoms with Gasteiger partial charge in [-0.3, -0.25) is 4.99 Å². The molecule has 0 spiro atoms. The molecule has 1 nitrogen and oxygen atoms in total. The minimum absolute atomic E-state index is 0.330. The van der Waals surface area contributed by atoms with E-state index in [-0.39, 0.29) is 0 Å². The van der Waals surface area contributed by atoms with E-state index in [2.05, 4.69) is 86.5 Å². The van der Waals surface area contributed by atoms with Gasteiger partial charge in [0.15, 0.2) is 0 Å². The zero-order valence-electron chi connectivity index (χ0n) is 16.1. The molecule has 2 aromatic rings. The topological polar surface area (TPSA) is 12.4 Å². The van der Waals surface area contributed by atoms with Gasteiger partial charge in [-0.15, -0.1) is 0 Å². The zero-order valence-corrected chi connectivity index (χ0v) is 16.1. The van der Waals surface area contributed by atoms with Crippen molar-refractivity contribution in [2.24, 2.45) is 4.99 Å². The van der Waals surface area contributed by atoms with Crippen LogP contribution < -0.4 is 0 Å². The van der Waals surface area contributed by atoms with Crippen molar-refractivity contribution in [2.75, 3.05) is 0 Å². The zero-order chi connectivity index (χ0) is 18.5. The summed E-state index contributed by atoms with van der Waals surface area (Å²) < 4.78 is 0. The van der Waals surface area contributed by atoms with Gasteiger partial charge in [0.1, 0.15) is 0 Å². The molecule has 2 aliphatic carbocycles. The van der Waals surface area contributed by atoms with Crippen LogP contribution in [0.1, 0.15) is 43.4 Å². The standard InChI is InChI=1S/C26H23N/c1-4-18-8-10-19(11-9-18)20-6-5-7-21-23(20)14-16(2)25(21)26-17(3)15-24-22(26)12-13-27-24/h5-15,25H,4H2,1-3H3. The summed E-state index contributed by atoms with van der Waals surface area (Å²) in [7, 11) is 0. The van der Waals surface area contributed by atoms with Crippen molar-refractivity contribution in [1.82, 2.24) is 0 Å². The second-order valence-corrected chi connectivity index (χ2v) is 7.67. The molecule has 0 fully saturated rings. The fourth-order valence-corrected chi connectivity index (χ4v) is 4.68. The van der Waals surface area contributed by atoms with Crippen molar-refractivity contribution in [3.05, 3.63) is 99.3 Å². The second-order valence-electron chi connectivity index (χ2n) is 7.67. The van der Waals surface area contributed by atoms with E-state index in [1.807, 2.05) is 6.21 Å². The van der Waals surface area contributed by atoms with E-state index >= 15 is 0 Å². The average molecular weight is 349 g/mol. The van der Waals surface area contributed by atoms with Gasteiger partial charge in [0, 0.05) is 17.7 Å². The number of nitrogens with zero attached hydrogens (tertiary/aromatic N) is 1. The molecule has 3 aliphatic rings. The Morgan fingerprint density at radius 3 is 2.56 bits per heavy atom. The first-order valence-electron chi connectivity index (χ1n) is 9.75. The Hall–Kier alpha value is -2.93. The van der Waals surface area contributed by atoms with E-state index < -0.39 is 0 Å². The monoisotopic (exact) mass is 349 g/mol. The Labute approximate surface area is 161 Å². The number of aryl methyl sites for hydroxylation is 1. The molecule has 0 saturated heterocycles. The molecule has 0 amide bonds. The number of allylic oxidation sites excluding steroid dienone is 5. The fraction of sp³-hybridized carbons (Fsp3) is 0.192. The largest absolute Gasteiger partial charge is 0.256 e. The first kappa shape index (κ1) is 16.3. The molecule has 27 heavy (non-hydrogen) atoms. The van der Waals surface area contributed by atoms with Gasteiger partial charge in [-0.25, -0.2) is 0 Å².